The van der Waals surface area contributed by atoms with Crippen molar-refractivity contribution in [2.45, 2.75) is 53.6 Å². The van der Waals surface area contributed by atoms with Gasteiger partial charge in [0, 0.05) is 24.2 Å². The lowest BCUT2D eigenvalue weighted by Gasteiger charge is -2.28. The van der Waals surface area contributed by atoms with Crippen molar-refractivity contribution in [1.29, 1.82) is 0 Å². The van der Waals surface area contributed by atoms with E-state index in [9.17, 15) is 0 Å². The minimum Gasteiger partial charge on any atom is -0.391 e. The second-order valence-corrected chi connectivity index (χ2v) is 6.91. The number of hydrogen-bond donors (Lipinski definition) is 0. The Kier molecular flexibility index (Phi) is 5.27. The van der Waals surface area contributed by atoms with E-state index in [0.29, 0.717) is 6.61 Å². The highest BCUT2D eigenvalue weighted by atomic mass is 16.6. The Morgan fingerprint density at radius 1 is 1.10 bits per heavy atom. The van der Waals surface area contributed by atoms with Crippen LogP contribution in [0.5, 0.6) is 0 Å². The van der Waals surface area contributed by atoms with Crippen LogP contribution in [-0.2, 0) is 11.4 Å². The number of rotatable bonds is 4. The SMILES string of the molecule is CC(=NOCc1ccc(N2CCCCC2)cc1)C(C)(C)C. The topological polar surface area (TPSA) is 24.8 Å². The van der Waals surface area contributed by atoms with Gasteiger partial charge < -0.3 is 9.74 Å². The molecule has 1 heterocycles. The molecule has 0 radical (unpaired) electrons. The Labute approximate surface area is 129 Å². The molecule has 1 saturated heterocycles. The summed E-state index contributed by atoms with van der Waals surface area (Å²) in [5.41, 5.74) is 3.58. The molecule has 0 aromatic heterocycles. The first-order valence-electron chi connectivity index (χ1n) is 7.98. The zero-order valence-electron chi connectivity index (χ0n) is 13.9. The summed E-state index contributed by atoms with van der Waals surface area (Å²) in [6, 6.07) is 8.69. The van der Waals surface area contributed by atoms with Gasteiger partial charge in [-0.2, -0.15) is 0 Å². The number of hydrogen-bond acceptors (Lipinski definition) is 3. The standard InChI is InChI=1S/C18H28N2O/c1-15(18(2,3)4)19-21-14-16-8-10-17(11-9-16)20-12-6-5-7-13-20/h8-11H,5-7,12-14H2,1-4H3. The van der Waals surface area contributed by atoms with Crippen LogP contribution < -0.4 is 4.90 Å². The molecule has 1 aliphatic rings. The van der Waals surface area contributed by atoms with Gasteiger partial charge in [-0.25, -0.2) is 0 Å². The van der Waals surface area contributed by atoms with Crippen molar-refractivity contribution in [3.05, 3.63) is 29.8 Å². The second-order valence-electron chi connectivity index (χ2n) is 6.91. The van der Waals surface area contributed by atoms with Crippen LogP contribution in [0.15, 0.2) is 29.4 Å². The van der Waals surface area contributed by atoms with Gasteiger partial charge >= 0.3 is 0 Å². The molecule has 1 aliphatic heterocycles. The van der Waals surface area contributed by atoms with Gasteiger partial charge in [0.25, 0.3) is 0 Å². The highest BCUT2D eigenvalue weighted by molar-refractivity contribution is 5.86. The molecule has 0 aliphatic carbocycles. The summed E-state index contributed by atoms with van der Waals surface area (Å²) >= 11 is 0. The third-order valence-corrected chi connectivity index (χ3v) is 4.18. The monoisotopic (exact) mass is 288 g/mol. The molecule has 21 heavy (non-hydrogen) atoms. The highest BCUT2D eigenvalue weighted by Gasteiger charge is 2.14. The molecule has 3 heteroatoms. The average Bonchev–Trinajstić information content (AvgIpc) is 2.48. The summed E-state index contributed by atoms with van der Waals surface area (Å²) in [5.74, 6) is 0. The normalized spacial score (nSPS) is 17.0. The van der Waals surface area contributed by atoms with Gasteiger partial charge in [0.05, 0.1) is 5.71 Å². The lowest BCUT2D eigenvalue weighted by Crippen LogP contribution is -2.29. The van der Waals surface area contributed by atoms with E-state index >= 15 is 0 Å². The van der Waals surface area contributed by atoms with Gasteiger partial charge in [0.2, 0.25) is 0 Å². The highest BCUT2D eigenvalue weighted by Crippen LogP contribution is 2.21. The zero-order valence-corrected chi connectivity index (χ0v) is 13.9. The van der Waals surface area contributed by atoms with Crippen LogP contribution in [0, 0.1) is 5.41 Å². The maximum atomic E-state index is 5.47. The number of oxime groups is 1. The van der Waals surface area contributed by atoms with Crippen LogP contribution in [0.25, 0.3) is 0 Å². The van der Waals surface area contributed by atoms with Gasteiger partial charge in [-0.05, 0) is 43.9 Å². The minimum absolute atomic E-state index is 0.0676. The molecule has 1 aromatic carbocycles. The Morgan fingerprint density at radius 3 is 2.29 bits per heavy atom. The fourth-order valence-electron chi connectivity index (χ4n) is 2.30. The van der Waals surface area contributed by atoms with E-state index in [1.54, 1.807) is 0 Å². The van der Waals surface area contributed by atoms with E-state index < -0.39 is 0 Å². The smallest absolute Gasteiger partial charge is 0.142 e. The van der Waals surface area contributed by atoms with Crippen LogP contribution in [0.2, 0.25) is 0 Å². The summed E-state index contributed by atoms with van der Waals surface area (Å²) in [6.45, 7) is 11.3. The Balaban J connectivity index is 1.88. The van der Waals surface area contributed by atoms with Crippen molar-refractivity contribution in [2.24, 2.45) is 10.6 Å². The van der Waals surface area contributed by atoms with Crippen LogP contribution >= 0.6 is 0 Å². The molecule has 0 N–H and O–H groups in total. The van der Waals surface area contributed by atoms with Crippen LogP contribution in [0.1, 0.15) is 52.5 Å². The molecule has 1 aromatic rings. The molecule has 0 saturated carbocycles. The van der Waals surface area contributed by atoms with E-state index in [-0.39, 0.29) is 5.41 Å². The van der Waals surface area contributed by atoms with E-state index in [1.165, 1.54) is 43.6 Å². The van der Waals surface area contributed by atoms with Crippen molar-refractivity contribution < 1.29 is 4.84 Å². The first kappa shape index (κ1) is 15.9. The van der Waals surface area contributed by atoms with Gasteiger partial charge in [-0.3, -0.25) is 0 Å². The van der Waals surface area contributed by atoms with Gasteiger partial charge in [-0.1, -0.05) is 38.1 Å². The maximum absolute atomic E-state index is 5.47. The van der Waals surface area contributed by atoms with Crippen LogP contribution in [0.3, 0.4) is 0 Å². The van der Waals surface area contributed by atoms with Crippen molar-refractivity contribution >= 4 is 11.4 Å². The Bertz CT molecular complexity index is 465. The predicted molar refractivity (Wildman–Crippen MR) is 89.9 cm³/mol. The molecule has 116 valence electrons. The largest absolute Gasteiger partial charge is 0.391 e. The Hall–Kier alpha value is -1.51. The first-order chi connectivity index (χ1) is 9.97. The molecule has 0 atom stereocenters. The molecule has 0 spiro atoms. The maximum Gasteiger partial charge on any atom is 0.142 e. The third kappa shape index (κ3) is 4.76. The summed E-state index contributed by atoms with van der Waals surface area (Å²) in [7, 11) is 0. The van der Waals surface area contributed by atoms with Crippen molar-refractivity contribution in [1.82, 2.24) is 0 Å². The fourth-order valence-corrected chi connectivity index (χ4v) is 2.30. The van der Waals surface area contributed by atoms with E-state index in [0.717, 1.165) is 5.71 Å². The molecule has 0 amide bonds. The number of anilines is 1. The summed E-state index contributed by atoms with van der Waals surface area (Å²) in [5, 5.41) is 4.21. The minimum atomic E-state index is 0.0676. The quantitative estimate of drug-likeness (QED) is 0.597. The van der Waals surface area contributed by atoms with Crippen LogP contribution in [-0.4, -0.2) is 18.8 Å². The lowest BCUT2D eigenvalue weighted by atomic mass is 9.91. The predicted octanol–water partition coefficient (Wildman–Crippen LogP) is 4.62. The summed E-state index contributed by atoms with van der Waals surface area (Å²) < 4.78 is 0. The van der Waals surface area contributed by atoms with Crippen molar-refractivity contribution in [3.8, 4) is 0 Å². The molecular weight excluding hydrogens is 260 g/mol. The average molecular weight is 288 g/mol. The van der Waals surface area contributed by atoms with E-state index in [4.69, 9.17) is 4.84 Å². The molecule has 2 rings (SSSR count). The van der Waals surface area contributed by atoms with Gasteiger partial charge in [-0.15, -0.1) is 0 Å². The zero-order chi connectivity index (χ0) is 15.3. The van der Waals surface area contributed by atoms with Crippen molar-refractivity contribution in [3.63, 3.8) is 0 Å². The van der Waals surface area contributed by atoms with E-state index in [1.807, 2.05) is 6.92 Å². The van der Waals surface area contributed by atoms with Crippen molar-refractivity contribution in [2.75, 3.05) is 18.0 Å². The first-order valence-corrected chi connectivity index (χ1v) is 7.98. The Morgan fingerprint density at radius 2 is 1.71 bits per heavy atom. The summed E-state index contributed by atoms with van der Waals surface area (Å²) in [6.07, 6.45) is 3.99. The second kappa shape index (κ2) is 6.97. The third-order valence-electron chi connectivity index (χ3n) is 4.18. The van der Waals surface area contributed by atoms with Crippen LogP contribution in [0.4, 0.5) is 5.69 Å². The number of piperidine rings is 1. The van der Waals surface area contributed by atoms with Gasteiger partial charge in [0.1, 0.15) is 6.61 Å². The molecule has 0 bridgehead atoms. The van der Waals surface area contributed by atoms with E-state index in [2.05, 4.69) is 55.1 Å². The number of benzene rings is 1. The molecule has 0 unspecified atom stereocenters. The number of nitrogens with zero attached hydrogens (tertiary/aromatic N) is 2. The fraction of sp³-hybridized carbons (Fsp3) is 0.611. The molecule has 3 nitrogen and oxygen atoms in total. The molecular formula is C18H28N2O. The van der Waals surface area contributed by atoms with Gasteiger partial charge in [0.15, 0.2) is 0 Å². The molecule has 1 fully saturated rings. The lowest BCUT2D eigenvalue weighted by molar-refractivity contribution is 0.127. The summed E-state index contributed by atoms with van der Waals surface area (Å²) in [4.78, 5) is 7.94.